The average Bonchev–Trinajstić information content (AvgIpc) is 3.49. The number of fused-ring (bicyclic) bond motifs is 1. The maximum absolute atomic E-state index is 15.4. The van der Waals surface area contributed by atoms with Crippen LogP contribution in [0.4, 0.5) is 23.2 Å². The van der Waals surface area contributed by atoms with Crippen molar-refractivity contribution in [3.8, 4) is 11.1 Å². The molecule has 6 nitrogen and oxygen atoms in total. The maximum atomic E-state index is 15.4. The number of halogens is 5. The van der Waals surface area contributed by atoms with Gasteiger partial charge in [0.2, 0.25) is 11.8 Å². The third kappa shape index (κ3) is 5.06. The van der Waals surface area contributed by atoms with Gasteiger partial charge in [-0.3, -0.25) is 14.4 Å². The van der Waals surface area contributed by atoms with E-state index < -0.39 is 41.5 Å². The molecule has 2 amide bonds. The number of carbonyl (C=O) groups excluding carboxylic acids is 3. The number of Topliss-reactive ketones (excluding diaryl/α,β-unsaturated/α-hetero) is 1. The molecule has 1 aliphatic rings. The van der Waals surface area contributed by atoms with E-state index in [0.717, 1.165) is 11.0 Å². The number of aromatic nitrogens is 1. The molecule has 206 valence electrons. The summed E-state index contributed by atoms with van der Waals surface area (Å²) in [5.41, 5.74) is 0.442. The number of amides is 2. The Bertz CT molecular complexity index is 1670. The second-order valence-electron chi connectivity index (χ2n) is 9.54. The highest BCUT2D eigenvalue weighted by Crippen LogP contribution is 2.35. The van der Waals surface area contributed by atoms with E-state index in [2.05, 4.69) is 5.32 Å². The SMILES string of the molecule is CC(=O)c1cn(CC(=O)N2CC(F)CC2C(=O)Nc2cccc(-c3cc(F)c(F)cc3Cl)c2F)c2ccccc12. The zero-order valence-electron chi connectivity index (χ0n) is 21.1. The number of hydrogen-bond donors (Lipinski definition) is 1. The van der Waals surface area contributed by atoms with Crippen molar-refractivity contribution in [3.63, 3.8) is 0 Å². The fourth-order valence-corrected chi connectivity index (χ4v) is 5.24. The number of para-hydroxylation sites is 1. The van der Waals surface area contributed by atoms with Gasteiger partial charge in [0.25, 0.3) is 0 Å². The van der Waals surface area contributed by atoms with E-state index in [-0.39, 0.29) is 47.1 Å². The van der Waals surface area contributed by atoms with Crippen LogP contribution in [0.2, 0.25) is 5.02 Å². The normalized spacial score (nSPS) is 16.9. The van der Waals surface area contributed by atoms with Crippen LogP contribution in [0.5, 0.6) is 0 Å². The Kier molecular flexibility index (Phi) is 7.37. The number of nitrogens with zero attached hydrogens (tertiary/aromatic N) is 2. The van der Waals surface area contributed by atoms with Gasteiger partial charge in [-0.1, -0.05) is 41.9 Å². The molecule has 0 bridgehead atoms. The molecule has 0 spiro atoms. The second kappa shape index (κ2) is 10.8. The van der Waals surface area contributed by atoms with Crippen LogP contribution in [-0.2, 0) is 16.1 Å². The number of ketones is 1. The third-order valence-corrected chi connectivity index (χ3v) is 7.22. The Morgan fingerprint density at radius 1 is 1.00 bits per heavy atom. The van der Waals surface area contributed by atoms with Gasteiger partial charge < -0.3 is 14.8 Å². The van der Waals surface area contributed by atoms with Gasteiger partial charge in [0, 0.05) is 40.2 Å². The summed E-state index contributed by atoms with van der Waals surface area (Å²) < 4.78 is 58.7. The molecule has 0 aliphatic carbocycles. The van der Waals surface area contributed by atoms with Gasteiger partial charge in [0.1, 0.15) is 18.8 Å². The van der Waals surface area contributed by atoms with Gasteiger partial charge >= 0.3 is 0 Å². The molecule has 1 fully saturated rings. The molecule has 1 saturated heterocycles. The highest BCUT2D eigenvalue weighted by atomic mass is 35.5. The van der Waals surface area contributed by atoms with Gasteiger partial charge in [-0.2, -0.15) is 0 Å². The molecule has 40 heavy (non-hydrogen) atoms. The molecule has 2 heterocycles. The van der Waals surface area contributed by atoms with Crippen LogP contribution in [0.3, 0.4) is 0 Å². The Labute approximate surface area is 231 Å². The lowest BCUT2D eigenvalue weighted by molar-refractivity contribution is -0.137. The highest BCUT2D eigenvalue weighted by molar-refractivity contribution is 6.33. The molecule has 1 aliphatic heterocycles. The van der Waals surface area contributed by atoms with E-state index >= 15 is 4.39 Å². The first-order valence-electron chi connectivity index (χ1n) is 12.3. The summed E-state index contributed by atoms with van der Waals surface area (Å²) in [4.78, 5) is 39.6. The molecular formula is C29H22ClF4N3O3. The number of hydrogen-bond acceptors (Lipinski definition) is 3. The van der Waals surface area contributed by atoms with Gasteiger partial charge in [0.05, 0.1) is 17.3 Å². The quantitative estimate of drug-likeness (QED) is 0.171. The van der Waals surface area contributed by atoms with Crippen LogP contribution in [-0.4, -0.2) is 45.8 Å². The molecule has 11 heteroatoms. The summed E-state index contributed by atoms with van der Waals surface area (Å²) in [6, 6.07) is 11.2. The zero-order valence-corrected chi connectivity index (χ0v) is 21.8. The Morgan fingerprint density at radius 2 is 1.73 bits per heavy atom. The summed E-state index contributed by atoms with van der Waals surface area (Å²) in [5, 5.41) is 2.82. The predicted molar refractivity (Wildman–Crippen MR) is 142 cm³/mol. The largest absolute Gasteiger partial charge is 0.337 e. The van der Waals surface area contributed by atoms with E-state index in [1.54, 1.807) is 35.0 Å². The Balaban J connectivity index is 1.38. The summed E-state index contributed by atoms with van der Waals surface area (Å²) in [6.45, 7) is 0.836. The molecule has 4 aromatic rings. The number of rotatable bonds is 6. The van der Waals surface area contributed by atoms with Crippen molar-refractivity contribution in [1.29, 1.82) is 0 Å². The fraction of sp³-hybridized carbons (Fsp3) is 0.207. The van der Waals surface area contributed by atoms with Crippen LogP contribution >= 0.6 is 11.6 Å². The zero-order chi connectivity index (χ0) is 28.7. The maximum Gasteiger partial charge on any atom is 0.247 e. The van der Waals surface area contributed by atoms with Crippen molar-refractivity contribution in [2.24, 2.45) is 0 Å². The van der Waals surface area contributed by atoms with Crippen LogP contribution in [0.15, 0.2) is 60.8 Å². The first-order chi connectivity index (χ1) is 19.0. The molecule has 2 atom stereocenters. The van der Waals surface area contributed by atoms with Gasteiger partial charge in [0.15, 0.2) is 23.2 Å². The summed E-state index contributed by atoms with van der Waals surface area (Å²) in [7, 11) is 0. The van der Waals surface area contributed by atoms with Gasteiger partial charge in [-0.15, -0.1) is 0 Å². The average molecular weight is 572 g/mol. The van der Waals surface area contributed by atoms with Crippen molar-refractivity contribution in [2.75, 3.05) is 11.9 Å². The highest BCUT2D eigenvalue weighted by Gasteiger charge is 2.40. The lowest BCUT2D eigenvalue weighted by Gasteiger charge is -2.24. The minimum Gasteiger partial charge on any atom is -0.337 e. The lowest BCUT2D eigenvalue weighted by atomic mass is 10.0. The van der Waals surface area contributed by atoms with E-state index in [1.165, 1.54) is 25.1 Å². The van der Waals surface area contributed by atoms with E-state index in [1.807, 2.05) is 0 Å². The van der Waals surface area contributed by atoms with E-state index in [4.69, 9.17) is 11.6 Å². The predicted octanol–water partition coefficient (Wildman–Crippen LogP) is 6.16. The summed E-state index contributed by atoms with van der Waals surface area (Å²) in [5.74, 6) is -4.95. The molecule has 1 aromatic heterocycles. The number of carbonyl (C=O) groups is 3. The standard InChI is InChI=1S/C29H22ClF4N3O3/c1-15(38)20-13-36(25-8-3-2-5-17(20)25)14-27(39)37-12-16(31)9-26(37)29(40)35-24-7-4-6-18(28(24)34)19-10-22(32)23(33)11-21(19)30/h2-8,10-11,13,16,26H,9,12,14H2,1H3,(H,35,40). The van der Waals surface area contributed by atoms with Gasteiger partial charge in [-0.05, 0) is 31.2 Å². The summed E-state index contributed by atoms with van der Waals surface area (Å²) >= 11 is 5.99. The van der Waals surface area contributed by atoms with Crippen LogP contribution in [0.1, 0.15) is 23.7 Å². The minimum atomic E-state index is -1.48. The molecular weight excluding hydrogens is 550 g/mol. The van der Waals surface area contributed by atoms with Gasteiger partial charge in [-0.25, -0.2) is 17.6 Å². The van der Waals surface area contributed by atoms with Crippen molar-refractivity contribution in [1.82, 2.24) is 9.47 Å². The first kappa shape index (κ1) is 27.4. The van der Waals surface area contributed by atoms with Crippen LogP contribution < -0.4 is 5.32 Å². The van der Waals surface area contributed by atoms with E-state index in [9.17, 15) is 27.6 Å². The number of benzene rings is 3. The Hall–Kier alpha value is -4.18. The molecule has 2 unspecified atom stereocenters. The molecule has 5 rings (SSSR count). The number of alkyl halides is 1. The number of anilines is 1. The van der Waals surface area contributed by atoms with Crippen molar-refractivity contribution >= 4 is 45.8 Å². The smallest absolute Gasteiger partial charge is 0.247 e. The third-order valence-electron chi connectivity index (χ3n) is 6.90. The fourth-order valence-electron chi connectivity index (χ4n) is 4.99. The van der Waals surface area contributed by atoms with Crippen LogP contribution in [0, 0.1) is 17.5 Å². The molecule has 3 aromatic carbocycles. The molecule has 0 saturated carbocycles. The monoisotopic (exact) mass is 571 g/mol. The molecule has 1 N–H and O–H groups in total. The lowest BCUT2D eigenvalue weighted by Crippen LogP contribution is -2.44. The van der Waals surface area contributed by atoms with Crippen molar-refractivity contribution < 1.29 is 31.9 Å². The first-order valence-corrected chi connectivity index (χ1v) is 12.7. The minimum absolute atomic E-state index is 0.125. The second-order valence-corrected chi connectivity index (χ2v) is 9.95. The summed E-state index contributed by atoms with van der Waals surface area (Å²) in [6.07, 6.45) is -0.224. The number of nitrogens with one attached hydrogen (secondary N) is 1. The Morgan fingerprint density at radius 3 is 2.48 bits per heavy atom. The molecule has 0 radical (unpaired) electrons. The van der Waals surface area contributed by atoms with Crippen LogP contribution in [0.25, 0.3) is 22.0 Å². The van der Waals surface area contributed by atoms with Crippen molar-refractivity contribution in [3.05, 3.63) is 88.8 Å². The topological polar surface area (TPSA) is 71.4 Å². The number of likely N-dealkylation sites (tertiary alicyclic amines) is 1. The van der Waals surface area contributed by atoms with Crippen molar-refractivity contribution in [2.45, 2.75) is 32.1 Å². The van der Waals surface area contributed by atoms with E-state index in [0.29, 0.717) is 22.5 Å².